The summed E-state index contributed by atoms with van der Waals surface area (Å²) in [4.78, 5) is 19.8. The largest absolute Gasteiger partial charge is 0.508 e. The van der Waals surface area contributed by atoms with E-state index in [-0.39, 0.29) is 33.9 Å². The lowest BCUT2D eigenvalue weighted by Gasteiger charge is -2.35. The van der Waals surface area contributed by atoms with E-state index in [4.69, 9.17) is 0 Å². The number of carbonyl (C=O) groups is 1. The first kappa shape index (κ1) is 24.3. The SMILES string of the molecule is Cc1cc(S(=O)(=O)N2CCCC2)cnc1-c1ccc2c(c1)CC[C@H](C)N2C(=O)c1ccc(O)cc1O. The molecule has 188 valence electrons. The third-order valence-electron chi connectivity index (χ3n) is 7.07. The van der Waals surface area contributed by atoms with Gasteiger partial charge in [0.1, 0.15) is 16.4 Å². The number of pyridine rings is 1. The van der Waals surface area contributed by atoms with Gasteiger partial charge in [0.15, 0.2) is 0 Å². The molecule has 1 aromatic heterocycles. The molecular formula is C27H29N3O5S. The number of anilines is 1. The van der Waals surface area contributed by atoms with Gasteiger partial charge in [-0.2, -0.15) is 4.31 Å². The molecule has 3 heterocycles. The van der Waals surface area contributed by atoms with Crippen molar-refractivity contribution in [2.45, 2.75) is 50.5 Å². The van der Waals surface area contributed by atoms with Gasteiger partial charge in [0.2, 0.25) is 10.0 Å². The number of hydrogen-bond donors (Lipinski definition) is 2. The molecule has 3 aromatic rings. The second-order valence-corrected chi connectivity index (χ2v) is 11.5. The van der Waals surface area contributed by atoms with E-state index in [1.54, 1.807) is 11.0 Å². The van der Waals surface area contributed by atoms with Gasteiger partial charge >= 0.3 is 0 Å². The summed E-state index contributed by atoms with van der Waals surface area (Å²) in [6, 6.07) is 11.3. The second-order valence-electron chi connectivity index (χ2n) is 9.56. The smallest absolute Gasteiger partial charge is 0.262 e. The lowest BCUT2D eigenvalue weighted by Crippen LogP contribution is -2.42. The van der Waals surface area contributed by atoms with Gasteiger partial charge in [-0.05, 0) is 81.0 Å². The molecular weight excluding hydrogens is 478 g/mol. The van der Waals surface area contributed by atoms with Gasteiger partial charge in [-0.15, -0.1) is 0 Å². The number of fused-ring (bicyclic) bond motifs is 1. The first-order valence-corrected chi connectivity index (χ1v) is 13.6. The zero-order chi connectivity index (χ0) is 25.6. The molecule has 0 bridgehead atoms. The number of carbonyl (C=O) groups excluding carboxylic acids is 1. The number of benzene rings is 2. The van der Waals surface area contributed by atoms with Crippen LogP contribution in [0.15, 0.2) is 53.6 Å². The minimum absolute atomic E-state index is 0.0704. The summed E-state index contributed by atoms with van der Waals surface area (Å²) in [7, 11) is -3.54. The zero-order valence-electron chi connectivity index (χ0n) is 20.3. The average molecular weight is 508 g/mol. The molecule has 1 saturated heterocycles. The molecule has 2 aliphatic rings. The summed E-state index contributed by atoms with van der Waals surface area (Å²) in [6.45, 7) is 4.92. The third-order valence-corrected chi connectivity index (χ3v) is 8.94. The van der Waals surface area contributed by atoms with Gasteiger partial charge < -0.3 is 15.1 Å². The van der Waals surface area contributed by atoms with E-state index in [1.165, 1.54) is 22.6 Å². The minimum atomic E-state index is -3.54. The number of aromatic nitrogens is 1. The van der Waals surface area contributed by atoms with Gasteiger partial charge in [-0.1, -0.05) is 6.07 Å². The Morgan fingerprint density at radius 2 is 1.81 bits per heavy atom. The van der Waals surface area contributed by atoms with Crippen molar-refractivity contribution in [3.8, 4) is 22.8 Å². The van der Waals surface area contributed by atoms with Crippen molar-refractivity contribution in [2.75, 3.05) is 18.0 Å². The summed E-state index contributed by atoms with van der Waals surface area (Å²) in [6.07, 6.45) is 4.71. The van der Waals surface area contributed by atoms with E-state index in [9.17, 15) is 23.4 Å². The molecule has 0 unspecified atom stereocenters. The van der Waals surface area contributed by atoms with Crippen LogP contribution in [0.25, 0.3) is 11.3 Å². The van der Waals surface area contributed by atoms with Crippen LogP contribution in [0.4, 0.5) is 5.69 Å². The Kier molecular flexibility index (Phi) is 6.22. The molecule has 1 amide bonds. The van der Waals surface area contributed by atoms with Crippen LogP contribution in [-0.2, 0) is 16.4 Å². The maximum atomic E-state index is 13.4. The summed E-state index contributed by atoms with van der Waals surface area (Å²) < 4.78 is 27.4. The molecule has 0 spiro atoms. The van der Waals surface area contributed by atoms with Gasteiger partial charge in [-0.25, -0.2) is 8.42 Å². The zero-order valence-corrected chi connectivity index (χ0v) is 21.1. The molecule has 36 heavy (non-hydrogen) atoms. The Labute approximate surface area is 210 Å². The molecule has 2 aliphatic heterocycles. The number of nitrogens with zero attached hydrogens (tertiary/aromatic N) is 3. The van der Waals surface area contributed by atoms with Crippen LogP contribution in [0.5, 0.6) is 11.5 Å². The van der Waals surface area contributed by atoms with Crippen molar-refractivity contribution in [1.29, 1.82) is 0 Å². The van der Waals surface area contributed by atoms with Crippen LogP contribution in [-0.4, -0.2) is 53.0 Å². The van der Waals surface area contributed by atoms with Crippen molar-refractivity contribution in [3.05, 3.63) is 65.4 Å². The highest BCUT2D eigenvalue weighted by atomic mass is 32.2. The fourth-order valence-corrected chi connectivity index (χ4v) is 6.66. The Morgan fingerprint density at radius 3 is 2.50 bits per heavy atom. The van der Waals surface area contributed by atoms with Crippen molar-refractivity contribution in [1.82, 2.24) is 9.29 Å². The predicted octanol–water partition coefficient (Wildman–Crippen LogP) is 4.23. The molecule has 0 saturated carbocycles. The Bertz CT molecular complexity index is 1450. The molecule has 0 aliphatic carbocycles. The Hall–Kier alpha value is -3.43. The summed E-state index contributed by atoms with van der Waals surface area (Å²) in [5.41, 5.74) is 4.19. The number of sulfonamides is 1. The van der Waals surface area contributed by atoms with Crippen LogP contribution in [0.3, 0.4) is 0 Å². The van der Waals surface area contributed by atoms with E-state index in [0.717, 1.165) is 54.1 Å². The molecule has 1 atom stereocenters. The molecule has 2 aromatic carbocycles. The standard InChI is InChI=1S/C27H29N3O5S/c1-17-13-22(36(34,35)29-11-3-4-12-29)16-28-26(17)20-7-10-24-19(14-20)6-5-18(2)30(24)27(33)23-9-8-21(31)15-25(23)32/h7-10,13-16,18,31-32H,3-6,11-12H2,1-2H3/t18-/m0/s1. The maximum absolute atomic E-state index is 13.4. The van der Waals surface area contributed by atoms with Gasteiger partial charge in [0.05, 0.1) is 11.3 Å². The van der Waals surface area contributed by atoms with E-state index >= 15 is 0 Å². The first-order chi connectivity index (χ1) is 17.2. The Balaban J connectivity index is 1.47. The highest BCUT2D eigenvalue weighted by Crippen LogP contribution is 2.37. The summed E-state index contributed by atoms with van der Waals surface area (Å²) in [5, 5.41) is 19.8. The lowest BCUT2D eigenvalue weighted by molar-refractivity contribution is 0.0972. The molecule has 5 rings (SSSR count). The third kappa shape index (κ3) is 4.22. The number of rotatable bonds is 4. The number of aryl methyl sites for hydroxylation is 2. The fourth-order valence-electron chi connectivity index (χ4n) is 5.11. The molecule has 0 radical (unpaired) electrons. The number of phenols is 2. The normalized spacial score (nSPS) is 18.3. The molecule has 9 heteroatoms. The van der Waals surface area contributed by atoms with E-state index in [2.05, 4.69) is 4.98 Å². The highest BCUT2D eigenvalue weighted by molar-refractivity contribution is 7.89. The molecule has 2 N–H and O–H groups in total. The maximum Gasteiger partial charge on any atom is 0.262 e. The highest BCUT2D eigenvalue weighted by Gasteiger charge is 2.31. The van der Waals surface area contributed by atoms with Crippen molar-refractivity contribution < 1.29 is 23.4 Å². The lowest BCUT2D eigenvalue weighted by atomic mass is 9.92. The van der Waals surface area contributed by atoms with Crippen molar-refractivity contribution in [2.24, 2.45) is 0 Å². The van der Waals surface area contributed by atoms with Gasteiger partial charge in [0.25, 0.3) is 5.91 Å². The predicted molar refractivity (Wildman–Crippen MR) is 137 cm³/mol. The minimum Gasteiger partial charge on any atom is -0.508 e. The monoisotopic (exact) mass is 507 g/mol. The summed E-state index contributed by atoms with van der Waals surface area (Å²) >= 11 is 0. The molecule has 8 nitrogen and oxygen atoms in total. The number of aromatic hydroxyl groups is 2. The van der Waals surface area contributed by atoms with Crippen LogP contribution < -0.4 is 4.90 Å². The topological polar surface area (TPSA) is 111 Å². The average Bonchev–Trinajstić information content (AvgIpc) is 3.39. The summed E-state index contributed by atoms with van der Waals surface area (Å²) in [5.74, 6) is -0.706. The van der Waals surface area contributed by atoms with E-state index in [1.807, 2.05) is 32.0 Å². The molecule has 1 fully saturated rings. The van der Waals surface area contributed by atoms with Crippen LogP contribution in [0.1, 0.15) is 47.7 Å². The number of amides is 1. The fraction of sp³-hybridized carbons (Fsp3) is 0.333. The van der Waals surface area contributed by atoms with Gasteiger partial charge in [0, 0.05) is 42.6 Å². The van der Waals surface area contributed by atoms with Crippen molar-refractivity contribution >= 4 is 21.6 Å². The number of phenolic OH excluding ortho intramolecular Hbond substituents is 2. The van der Waals surface area contributed by atoms with Crippen molar-refractivity contribution in [3.63, 3.8) is 0 Å². The van der Waals surface area contributed by atoms with E-state index in [0.29, 0.717) is 18.8 Å². The van der Waals surface area contributed by atoms with Gasteiger partial charge in [-0.3, -0.25) is 9.78 Å². The Morgan fingerprint density at radius 1 is 1.06 bits per heavy atom. The first-order valence-electron chi connectivity index (χ1n) is 12.1. The second kappa shape index (κ2) is 9.22. The van der Waals surface area contributed by atoms with Crippen LogP contribution >= 0.6 is 0 Å². The van der Waals surface area contributed by atoms with E-state index < -0.39 is 10.0 Å². The number of hydrogen-bond acceptors (Lipinski definition) is 6. The quantitative estimate of drug-likeness (QED) is 0.547. The van der Waals surface area contributed by atoms with Crippen LogP contribution in [0, 0.1) is 6.92 Å². The van der Waals surface area contributed by atoms with Crippen LogP contribution in [0.2, 0.25) is 0 Å².